The minimum Gasteiger partial charge on any atom is -0.377 e. The molecule has 1 aromatic rings. The van der Waals surface area contributed by atoms with Crippen LogP contribution in [0, 0.1) is 0 Å². The molecule has 6 heteroatoms. The number of hydrogen-bond acceptors (Lipinski definition) is 3. The first-order valence-electron chi connectivity index (χ1n) is 9.33. The molecule has 2 rings (SSSR count). The van der Waals surface area contributed by atoms with E-state index in [0.29, 0.717) is 6.54 Å². The van der Waals surface area contributed by atoms with Gasteiger partial charge in [-0.3, -0.25) is 9.89 Å². The Balaban J connectivity index is 0.00000338. The third-order valence-electron chi connectivity index (χ3n) is 4.87. The highest BCUT2D eigenvalue weighted by Crippen LogP contribution is 2.16. The van der Waals surface area contributed by atoms with E-state index in [0.717, 1.165) is 19.0 Å². The summed E-state index contributed by atoms with van der Waals surface area (Å²) >= 11 is 0. The van der Waals surface area contributed by atoms with Crippen molar-refractivity contribution in [2.45, 2.75) is 51.8 Å². The van der Waals surface area contributed by atoms with Gasteiger partial charge in [-0.15, -0.1) is 24.0 Å². The number of piperidine rings is 1. The minimum absolute atomic E-state index is 0. The van der Waals surface area contributed by atoms with Gasteiger partial charge in [0.2, 0.25) is 0 Å². The third kappa shape index (κ3) is 7.80. The van der Waals surface area contributed by atoms with E-state index in [1.807, 2.05) is 0 Å². The second-order valence-corrected chi connectivity index (χ2v) is 7.35. The van der Waals surface area contributed by atoms with Gasteiger partial charge in [0, 0.05) is 33.8 Å². The van der Waals surface area contributed by atoms with Crippen LogP contribution in [0.5, 0.6) is 0 Å². The summed E-state index contributed by atoms with van der Waals surface area (Å²) in [4.78, 5) is 6.88. The quantitative estimate of drug-likeness (QED) is 0.362. The maximum Gasteiger partial charge on any atom is 0.191 e. The van der Waals surface area contributed by atoms with Crippen LogP contribution in [0.1, 0.15) is 44.2 Å². The zero-order chi connectivity index (χ0) is 18.1. The predicted molar refractivity (Wildman–Crippen MR) is 120 cm³/mol. The average Bonchev–Trinajstić information content (AvgIpc) is 2.64. The molecule has 0 bridgehead atoms. The molecule has 26 heavy (non-hydrogen) atoms. The molecule has 2 N–H and O–H groups in total. The fourth-order valence-corrected chi connectivity index (χ4v) is 3.01. The number of nitrogens with zero attached hydrogens (tertiary/aromatic N) is 2. The molecular formula is C20H35IN4O. The molecule has 0 amide bonds. The molecule has 5 nitrogen and oxygen atoms in total. The van der Waals surface area contributed by atoms with Crippen LogP contribution in [0.15, 0.2) is 29.3 Å². The molecule has 1 aromatic carbocycles. The van der Waals surface area contributed by atoms with E-state index >= 15 is 0 Å². The molecule has 148 valence electrons. The van der Waals surface area contributed by atoms with Gasteiger partial charge in [-0.1, -0.05) is 30.7 Å². The average molecular weight is 474 g/mol. The van der Waals surface area contributed by atoms with Crippen LogP contribution in [-0.2, 0) is 17.8 Å². The van der Waals surface area contributed by atoms with Crippen LogP contribution < -0.4 is 10.6 Å². The van der Waals surface area contributed by atoms with E-state index in [-0.39, 0.29) is 29.6 Å². The van der Waals surface area contributed by atoms with Crippen LogP contribution in [0.3, 0.4) is 0 Å². The number of likely N-dealkylation sites (tertiary alicyclic amines) is 1. The molecule has 1 aliphatic heterocycles. The van der Waals surface area contributed by atoms with Gasteiger partial charge in [0.15, 0.2) is 5.96 Å². The van der Waals surface area contributed by atoms with Crippen molar-refractivity contribution in [3.05, 3.63) is 35.4 Å². The number of aliphatic imine (C=N–C) groups is 1. The number of guanidine groups is 1. The van der Waals surface area contributed by atoms with Crippen molar-refractivity contribution in [3.63, 3.8) is 0 Å². The summed E-state index contributed by atoms with van der Waals surface area (Å²) in [7, 11) is 3.53. The number of halogens is 1. The first-order valence-corrected chi connectivity index (χ1v) is 9.33. The van der Waals surface area contributed by atoms with Crippen LogP contribution >= 0.6 is 24.0 Å². The summed E-state index contributed by atoms with van der Waals surface area (Å²) < 4.78 is 5.45. The summed E-state index contributed by atoms with van der Waals surface area (Å²) in [5, 5.41) is 6.76. The number of methoxy groups -OCH3 is 1. The lowest BCUT2D eigenvalue weighted by Gasteiger charge is -2.27. The van der Waals surface area contributed by atoms with Crippen molar-refractivity contribution in [1.29, 1.82) is 0 Å². The number of benzene rings is 1. The van der Waals surface area contributed by atoms with Gasteiger partial charge in [0.25, 0.3) is 0 Å². The Kier molecular flexibility index (Phi) is 10.5. The van der Waals surface area contributed by atoms with E-state index < -0.39 is 0 Å². The van der Waals surface area contributed by atoms with Crippen LogP contribution in [0.25, 0.3) is 0 Å². The Morgan fingerprint density at radius 1 is 1.12 bits per heavy atom. The number of rotatable bonds is 7. The lowest BCUT2D eigenvalue weighted by atomic mass is 10.0. The van der Waals surface area contributed by atoms with E-state index in [1.165, 1.54) is 43.5 Å². The molecule has 1 heterocycles. The van der Waals surface area contributed by atoms with Crippen molar-refractivity contribution in [2.75, 3.05) is 33.8 Å². The molecule has 0 aromatic heterocycles. The van der Waals surface area contributed by atoms with Crippen LogP contribution in [-0.4, -0.2) is 50.3 Å². The largest absolute Gasteiger partial charge is 0.377 e. The molecule has 0 spiro atoms. The Morgan fingerprint density at radius 3 is 2.38 bits per heavy atom. The zero-order valence-corrected chi connectivity index (χ0v) is 19.0. The maximum atomic E-state index is 5.45. The summed E-state index contributed by atoms with van der Waals surface area (Å²) in [6, 6.07) is 8.70. The van der Waals surface area contributed by atoms with E-state index in [9.17, 15) is 0 Å². The zero-order valence-electron chi connectivity index (χ0n) is 16.7. The Labute approximate surface area is 176 Å². The third-order valence-corrected chi connectivity index (χ3v) is 4.87. The van der Waals surface area contributed by atoms with Crippen LogP contribution in [0.4, 0.5) is 0 Å². The van der Waals surface area contributed by atoms with E-state index in [1.54, 1.807) is 14.2 Å². The fraction of sp³-hybridized carbons (Fsp3) is 0.650. The molecule has 0 unspecified atom stereocenters. The predicted octanol–water partition coefficient (Wildman–Crippen LogP) is 3.38. The lowest BCUT2D eigenvalue weighted by molar-refractivity contribution is 0.0268. The molecule has 1 aliphatic rings. The topological polar surface area (TPSA) is 48.9 Å². The molecule has 0 aliphatic carbocycles. The second-order valence-electron chi connectivity index (χ2n) is 7.35. The number of nitrogens with one attached hydrogen (secondary N) is 2. The molecule has 1 fully saturated rings. The van der Waals surface area contributed by atoms with Crippen LogP contribution in [0.2, 0.25) is 0 Å². The van der Waals surface area contributed by atoms with E-state index in [4.69, 9.17) is 4.74 Å². The first-order chi connectivity index (χ1) is 12.0. The van der Waals surface area contributed by atoms with Crippen molar-refractivity contribution in [2.24, 2.45) is 4.99 Å². The van der Waals surface area contributed by atoms with Crippen molar-refractivity contribution >= 4 is 29.9 Å². The molecule has 1 saturated heterocycles. The molecule has 0 radical (unpaired) electrons. The fourth-order valence-electron chi connectivity index (χ4n) is 3.01. The maximum absolute atomic E-state index is 5.45. The Hall–Kier alpha value is -0.860. The van der Waals surface area contributed by atoms with Gasteiger partial charge < -0.3 is 15.4 Å². The standard InChI is InChI=1S/C20H34N4O.HI/c1-20(2,25-4)16-23-19(21-3)22-14-17-10-6-7-11-18(17)15-24-12-8-5-9-13-24;/h6-7,10-11H,5,8-9,12-16H2,1-4H3,(H2,21,22,23);1H. The first kappa shape index (κ1) is 23.2. The van der Waals surface area contributed by atoms with Gasteiger partial charge in [-0.2, -0.15) is 0 Å². The lowest BCUT2D eigenvalue weighted by Crippen LogP contribution is -2.45. The van der Waals surface area contributed by atoms with Gasteiger partial charge >= 0.3 is 0 Å². The van der Waals surface area contributed by atoms with E-state index in [2.05, 4.69) is 58.6 Å². The van der Waals surface area contributed by atoms with Gasteiger partial charge in [0.1, 0.15) is 0 Å². The van der Waals surface area contributed by atoms with Gasteiger partial charge in [-0.25, -0.2) is 0 Å². The normalized spacial score (nSPS) is 16.1. The van der Waals surface area contributed by atoms with Gasteiger partial charge in [0.05, 0.1) is 5.60 Å². The van der Waals surface area contributed by atoms with Gasteiger partial charge in [-0.05, 0) is 50.9 Å². The Bertz CT molecular complexity index is 556. The summed E-state index contributed by atoms with van der Waals surface area (Å²) in [5.41, 5.74) is 2.52. The number of hydrogen-bond donors (Lipinski definition) is 2. The highest BCUT2D eigenvalue weighted by atomic mass is 127. The van der Waals surface area contributed by atoms with Crippen molar-refractivity contribution in [1.82, 2.24) is 15.5 Å². The molecular weight excluding hydrogens is 439 g/mol. The smallest absolute Gasteiger partial charge is 0.191 e. The molecule has 0 atom stereocenters. The summed E-state index contributed by atoms with van der Waals surface area (Å²) in [6.07, 6.45) is 4.03. The summed E-state index contributed by atoms with van der Waals surface area (Å²) in [6.45, 7) is 9.08. The second kappa shape index (κ2) is 11.8. The summed E-state index contributed by atoms with van der Waals surface area (Å²) in [5.74, 6) is 0.804. The van der Waals surface area contributed by atoms with Crippen molar-refractivity contribution < 1.29 is 4.74 Å². The highest BCUT2D eigenvalue weighted by molar-refractivity contribution is 14.0. The minimum atomic E-state index is -0.218. The molecule has 0 saturated carbocycles. The Morgan fingerprint density at radius 2 is 1.77 bits per heavy atom. The highest BCUT2D eigenvalue weighted by Gasteiger charge is 2.17. The monoisotopic (exact) mass is 474 g/mol. The number of ether oxygens (including phenoxy) is 1. The SMILES string of the molecule is CN=C(NCc1ccccc1CN1CCCCC1)NCC(C)(C)OC.I. The van der Waals surface area contributed by atoms with Crippen molar-refractivity contribution in [3.8, 4) is 0 Å².